The van der Waals surface area contributed by atoms with E-state index in [4.69, 9.17) is 10.5 Å². The lowest BCUT2D eigenvalue weighted by molar-refractivity contribution is -0.133. The summed E-state index contributed by atoms with van der Waals surface area (Å²) in [5.74, 6) is 4.07. The standard InChI is InChI=1S/C23H23N5O5/c1-15(29)21(23(32)28-33)27-22(31)18-10-7-16(8-11-18)6-9-17-4-2-3-5-19(17)26-20(30)14-25-13-12-24/h2-5,7-8,10-11,15,21,25,29,33H,13-14H2,1H3,(H,26,30)(H,27,31)(H,28,32)/t15-,21+/m1/s1. The lowest BCUT2D eigenvalue weighted by Gasteiger charge is -2.19. The first kappa shape index (κ1) is 25.0. The zero-order valence-electron chi connectivity index (χ0n) is 17.8. The summed E-state index contributed by atoms with van der Waals surface area (Å²) in [6.45, 7) is 1.37. The number of rotatable bonds is 8. The van der Waals surface area contributed by atoms with Crippen molar-refractivity contribution in [1.29, 1.82) is 5.26 Å². The topological polar surface area (TPSA) is 164 Å². The maximum absolute atomic E-state index is 12.3. The molecule has 2 aromatic carbocycles. The Morgan fingerprint density at radius 3 is 2.39 bits per heavy atom. The quantitative estimate of drug-likeness (QED) is 0.110. The largest absolute Gasteiger partial charge is 0.391 e. The van der Waals surface area contributed by atoms with Crippen LogP contribution in [0.1, 0.15) is 28.4 Å². The average molecular weight is 449 g/mol. The SMILES string of the molecule is C[C@@H](O)[C@H](NC(=O)c1ccc(C#Cc2ccccc2NC(=O)CNCC#N)cc1)C(=O)NO. The highest BCUT2D eigenvalue weighted by Crippen LogP contribution is 2.14. The Labute approximate surface area is 190 Å². The molecule has 0 saturated heterocycles. The molecule has 0 heterocycles. The van der Waals surface area contributed by atoms with E-state index in [1.165, 1.54) is 24.5 Å². The van der Waals surface area contributed by atoms with E-state index in [9.17, 15) is 19.5 Å². The molecule has 2 rings (SSSR count). The normalized spacial score (nSPS) is 11.7. The van der Waals surface area contributed by atoms with Crippen LogP contribution < -0.4 is 21.4 Å². The Kier molecular flexibility index (Phi) is 9.55. The van der Waals surface area contributed by atoms with Gasteiger partial charge in [0.1, 0.15) is 6.04 Å². The Bertz CT molecular complexity index is 1100. The molecule has 0 aliphatic rings. The smallest absolute Gasteiger partial charge is 0.268 e. The number of hydroxylamine groups is 1. The Morgan fingerprint density at radius 1 is 1.06 bits per heavy atom. The molecule has 2 aromatic rings. The van der Waals surface area contributed by atoms with Gasteiger partial charge in [-0.25, -0.2) is 5.48 Å². The molecule has 0 aliphatic carbocycles. The van der Waals surface area contributed by atoms with Crippen LogP contribution in [0.4, 0.5) is 5.69 Å². The van der Waals surface area contributed by atoms with E-state index < -0.39 is 24.0 Å². The third-order valence-electron chi connectivity index (χ3n) is 4.34. The van der Waals surface area contributed by atoms with E-state index in [2.05, 4.69) is 27.8 Å². The van der Waals surface area contributed by atoms with E-state index in [1.54, 1.807) is 36.4 Å². The number of hydrogen-bond donors (Lipinski definition) is 6. The van der Waals surface area contributed by atoms with Crippen molar-refractivity contribution in [3.63, 3.8) is 0 Å². The molecule has 2 atom stereocenters. The van der Waals surface area contributed by atoms with Gasteiger partial charge < -0.3 is 15.7 Å². The van der Waals surface area contributed by atoms with Crippen LogP contribution in [0.25, 0.3) is 0 Å². The van der Waals surface area contributed by atoms with Gasteiger partial charge in [0.05, 0.1) is 31.0 Å². The highest BCUT2D eigenvalue weighted by Gasteiger charge is 2.25. The number of carbonyl (C=O) groups excluding carboxylic acids is 3. The number of benzene rings is 2. The molecule has 0 radical (unpaired) electrons. The minimum Gasteiger partial charge on any atom is -0.391 e. The monoisotopic (exact) mass is 449 g/mol. The van der Waals surface area contributed by atoms with E-state index in [1.807, 2.05) is 6.07 Å². The summed E-state index contributed by atoms with van der Waals surface area (Å²) in [6.07, 6.45) is -1.21. The Balaban J connectivity index is 2.09. The van der Waals surface area contributed by atoms with E-state index in [0.717, 1.165) is 0 Å². The van der Waals surface area contributed by atoms with Gasteiger partial charge in [0.2, 0.25) is 5.91 Å². The lowest BCUT2D eigenvalue weighted by Crippen LogP contribution is -2.51. The van der Waals surface area contributed by atoms with Gasteiger partial charge in [-0.15, -0.1) is 0 Å². The zero-order valence-corrected chi connectivity index (χ0v) is 17.8. The summed E-state index contributed by atoms with van der Waals surface area (Å²) in [7, 11) is 0. The van der Waals surface area contributed by atoms with Crippen molar-refractivity contribution < 1.29 is 24.7 Å². The van der Waals surface area contributed by atoms with Gasteiger partial charge in [-0.05, 0) is 43.3 Å². The molecule has 33 heavy (non-hydrogen) atoms. The summed E-state index contributed by atoms with van der Waals surface area (Å²) in [6, 6.07) is 13.8. The molecule has 10 nitrogen and oxygen atoms in total. The van der Waals surface area contributed by atoms with Crippen LogP contribution in [0.15, 0.2) is 48.5 Å². The van der Waals surface area contributed by atoms with Crippen LogP contribution in [0, 0.1) is 23.2 Å². The lowest BCUT2D eigenvalue weighted by atomic mass is 10.1. The summed E-state index contributed by atoms with van der Waals surface area (Å²) in [5, 5.41) is 34.6. The molecule has 170 valence electrons. The molecule has 0 bridgehead atoms. The van der Waals surface area contributed by atoms with E-state index in [0.29, 0.717) is 16.8 Å². The first-order chi connectivity index (χ1) is 15.8. The minimum atomic E-state index is -1.32. The number of nitrogens with one attached hydrogen (secondary N) is 4. The molecule has 10 heteroatoms. The van der Waals surface area contributed by atoms with Gasteiger partial charge in [-0.1, -0.05) is 24.0 Å². The highest BCUT2D eigenvalue weighted by molar-refractivity contribution is 5.97. The number of amides is 3. The van der Waals surface area contributed by atoms with Crippen molar-refractivity contribution in [2.45, 2.75) is 19.1 Å². The van der Waals surface area contributed by atoms with E-state index >= 15 is 0 Å². The molecular formula is C23H23N5O5. The number of hydrogen-bond acceptors (Lipinski definition) is 7. The van der Waals surface area contributed by atoms with Crippen molar-refractivity contribution in [1.82, 2.24) is 16.1 Å². The molecular weight excluding hydrogens is 426 g/mol. The van der Waals surface area contributed by atoms with Crippen LogP contribution >= 0.6 is 0 Å². The first-order valence-electron chi connectivity index (χ1n) is 9.87. The second kappa shape index (κ2) is 12.6. The second-order valence-corrected chi connectivity index (χ2v) is 6.85. The number of nitrogens with zero attached hydrogens (tertiary/aromatic N) is 1. The van der Waals surface area contributed by atoms with Gasteiger partial charge in [0, 0.05) is 16.7 Å². The molecule has 3 amide bonds. The van der Waals surface area contributed by atoms with Gasteiger partial charge >= 0.3 is 0 Å². The van der Waals surface area contributed by atoms with Gasteiger partial charge in [0.25, 0.3) is 11.8 Å². The van der Waals surface area contributed by atoms with Crippen LogP contribution in [0.5, 0.6) is 0 Å². The van der Waals surface area contributed by atoms with Crippen molar-refractivity contribution in [2.24, 2.45) is 0 Å². The number of anilines is 1. The summed E-state index contributed by atoms with van der Waals surface area (Å²) in [5.41, 5.74) is 3.34. The van der Waals surface area contributed by atoms with Crippen LogP contribution in [-0.2, 0) is 9.59 Å². The summed E-state index contributed by atoms with van der Waals surface area (Å²) >= 11 is 0. The fourth-order valence-electron chi connectivity index (χ4n) is 2.67. The molecule has 6 N–H and O–H groups in total. The number of carbonyl (C=O) groups is 3. The molecule has 0 aliphatic heterocycles. The Morgan fingerprint density at radius 2 is 1.76 bits per heavy atom. The van der Waals surface area contributed by atoms with Crippen molar-refractivity contribution in [3.8, 4) is 17.9 Å². The van der Waals surface area contributed by atoms with Gasteiger partial charge in [-0.3, -0.25) is 24.9 Å². The van der Waals surface area contributed by atoms with Gasteiger partial charge in [0.15, 0.2) is 0 Å². The highest BCUT2D eigenvalue weighted by atomic mass is 16.5. The number of aliphatic hydroxyl groups excluding tert-OH is 1. The third kappa shape index (κ3) is 7.76. The number of para-hydroxylation sites is 1. The van der Waals surface area contributed by atoms with E-state index in [-0.39, 0.29) is 24.6 Å². The fraction of sp³-hybridized carbons (Fsp3) is 0.217. The van der Waals surface area contributed by atoms with Crippen LogP contribution in [0.3, 0.4) is 0 Å². The van der Waals surface area contributed by atoms with Crippen LogP contribution in [0.2, 0.25) is 0 Å². The number of aliphatic hydroxyl groups is 1. The predicted octanol–water partition coefficient (Wildman–Crippen LogP) is 0.123. The van der Waals surface area contributed by atoms with Crippen molar-refractivity contribution >= 4 is 23.4 Å². The second-order valence-electron chi connectivity index (χ2n) is 6.85. The zero-order chi connectivity index (χ0) is 24.2. The minimum absolute atomic E-state index is 0.00523. The summed E-state index contributed by atoms with van der Waals surface area (Å²) in [4.78, 5) is 35.9. The third-order valence-corrected chi connectivity index (χ3v) is 4.34. The first-order valence-corrected chi connectivity index (χ1v) is 9.87. The fourth-order valence-corrected chi connectivity index (χ4v) is 2.67. The number of nitriles is 1. The summed E-state index contributed by atoms with van der Waals surface area (Å²) < 4.78 is 0. The molecule has 0 spiro atoms. The maximum Gasteiger partial charge on any atom is 0.268 e. The maximum atomic E-state index is 12.3. The average Bonchev–Trinajstić information content (AvgIpc) is 2.81. The molecule has 0 saturated carbocycles. The van der Waals surface area contributed by atoms with Gasteiger partial charge in [-0.2, -0.15) is 5.26 Å². The predicted molar refractivity (Wildman–Crippen MR) is 119 cm³/mol. The van der Waals surface area contributed by atoms with Crippen molar-refractivity contribution in [2.75, 3.05) is 18.4 Å². The molecule has 0 aromatic heterocycles. The van der Waals surface area contributed by atoms with Crippen molar-refractivity contribution in [3.05, 3.63) is 65.2 Å². The Hall–Kier alpha value is -4.22. The molecule has 0 fully saturated rings. The molecule has 0 unspecified atom stereocenters. The van der Waals surface area contributed by atoms with Crippen LogP contribution in [-0.4, -0.2) is 53.3 Å².